The van der Waals surface area contributed by atoms with Crippen molar-refractivity contribution in [3.05, 3.63) is 28.3 Å². The van der Waals surface area contributed by atoms with Gasteiger partial charge in [-0.15, -0.1) is 0 Å². The number of hydrogen-bond acceptors (Lipinski definition) is 4. The highest BCUT2D eigenvalue weighted by atomic mass is 35.5. The van der Waals surface area contributed by atoms with Crippen molar-refractivity contribution in [2.24, 2.45) is 5.84 Å². The second kappa shape index (κ2) is 6.53. The van der Waals surface area contributed by atoms with Gasteiger partial charge in [0, 0.05) is 23.0 Å². The van der Waals surface area contributed by atoms with Gasteiger partial charge >= 0.3 is 0 Å². The molecule has 0 amide bonds. The third-order valence-corrected chi connectivity index (χ3v) is 5.16. The maximum Gasteiger partial charge on any atom is 0.125 e. The van der Waals surface area contributed by atoms with Crippen LogP contribution >= 0.6 is 11.6 Å². The quantitative estimate of drug-likeness (QED) is 0.625. The molecule has 1 aliphatic heterocycles. The summed E-state index contributed by atoms with van der Waals surface area (Å²) in [6, 6.07) is 4.12. The SMILES string of the molecule is CCC(C)(C(Cc1cc(Cl)cc2c1OCC2)NN)N(C)C. The van der Waals surface area contributed by atoms with Crippen molar-refractivity contribution < 1.29 is 4.74 Å². The van der Waals surface area contributed by atoms with Gasteiger partial charge < -0.3 is 9.64 Å². The number of likely N-dealkylation sites (N-methyl/N-ethyl adjacent to an activating group) is 1. The van der Waals surface area contributed by atoms with E-state index in [1.54, 1.807) is 0 Å². The van der Waals surface area contributed by atoms with Crippen LogP contribution in [-0.4, -0.2) is 37.2 Å². The molecular formula is C16H26ClN3O. The Morgan fingerprint density at radius 1 is 1.48 bits per heavy atom. The van der Waals surface area contributed by atoms with E-state index in [0.29, 0.717) is 0 Å². The van der Waals surface area contributed by atoms with Crippen LogP contribution in [0.1, 0.15) is 31.4 Å². The molecule has 1 aliphatic rings. The van der Waals surface area contributed by atoms with Gasteiger partial charge in [-0.3, -0.25) is 11.3 Å². The Balaban J connectivity index is 2.31. The number of benzene rings is 1. The summed E-state index contributed by atoms with van der Waals surface area (Å²) in [6.07, 6.45) is 2.72. The fraction of sp³-hybridized carbons (Fsp3) is 0.625. The molecule has 4 nitrogen and oxygen atoms in total. The Bertz CT molecular complexity index is 507. The van der Waals surface area contributed by atoms with Crippen LogP contribution in [0.3, 0.4) is 0 Å². The summed E-state index contributed by atoms with van der Waals surface area (Å²) >= 11 is 6.25. The van der Waals surface area contributed by atoms with E-state index in [1.807, 2.05) is 12.1 Å². The van der Waals surface area contributed by atoms with Crippen LogP contribution in [0.4, 0.5) is 0 Å². The maximum absolute atomic E-state index is 6.25. The number of hydrazine groups is 1. The Morgan fingerprint density at radius 3 is 2.76 bits per heavy atom. The van der Waals surface area contributed by atoms with Crippen molar-refractivity contribution in [2.45, 2.75) is 44.7 Å². The highest BCUT2D eigenvalue weighted by Crippen LogP contribution is 2.35. The molecule has 3 N–H and O–H groups in total. The number of hydrogen-bond donors (Lipinski definition) is 2. The lowest BCUT2D eigenvalue weighted by Crippen LogP contribution is -2.59. The minimum absolute atomic E-state index is 0.0391. The van der Waals surface area contributed by atoms with Gasteiger partial charge in [-0.1, -0.05) is 18.5 Å². The number of rotatable bonds is 6. The lowest BCUT2D eigenvalue weighted by Gasteiger charge is -2.42. The van der Waals surface area contributed by atoms with Crippen molar-refractivity contribution in [1.82, 2.24) is 10.3 Å². The van der Waals surface area contributed by atoms with Crippen LogP contribution in [0, 0.1) is 0 Å². The lowest BCUT2D eigenvalue weighted by molar-refractivity contribution is 0.112. The predicted molar refractivity (Wildman–Crippen MR) is 87.8 cm³/mol. The summed E-state index contributed by atoms with van der Waals surface area (Å²) in [5.74, 6) is 6.85. The first-order valence-corrected chi connectivity index (χ1v) is 7.87. The molecule has 2 unspecified atom stereocenters. The summed E-state index contributed by atoms with van der Waals surface area (Å²) in [5.41, 5.74) is 5.30. The van der Waals surface area contributed by atoms with Crippen molar-refractivity contribution in [3.8, 4) is 5.75 Å². The topological polar surface area (TPSA) is 50.5 Å². The molecule has 0 radical (unpaired) electrons. The molecule has 0 fully saturated rings. The number of halogens is 1. The van der Waals surface area contributed by atoms with E-state index in [0.717, 1.165) is 42.2 Å². The largest absolute Gasteiger partial charge is 0.493 e. The van der Waals surface area contributed by atoms with Gasteiger partial charge in [-0.2, -0.15) is 0 Å². The predicted octanol–water partition coefficient (Wildman–Crippen LogP) is 2.38. The molecule has 0 aliphatic carbocycles. The van der Waals surface area contributed by atoms with Crippen LogP contribution in [0.2, 0.25) is 5.02 Å². The smallest absolute Gasteiger partial charge is 0.125 e. The maximum atomic E-state index is 6.25. The zero-order valence-electron chi connectivity index (χ0n) is 13.4. The number of ether oxygens (including phenoxy) is 1. The van der Waals surface area contributed by atoms with Gasteiger partial charge in [0.2, 0.25) is 0 Å². The molecule has 5 heteroatoms. The van der Waals surface area contributed by atoms with Gasteiger partial charge in [0.25, 0.3) is 0 Å². The number of nitrogens with two attached hydrogens (primary N) is 1. The zero-order valence-corrected chi connectivity index (χ0v) is 14.1. The van der Waals surface area contributed by atoms with Crippen LogP contribution in [0.5, 0.6) is 5.75 Å². The number of nitrogens with one attached hydrogen (secondary N) is 1. The third kappa shape index (κ3) is 3.19. The molecule has 0 spiro atoms. The Labute approximate surface area is 132 Å². The first kappa shape index (κ1) is 16.6. The Morgan fingerprint density at radius 2 is 2.19 bits per heavy atom. The molecule has 21 heavy (non-hydrogen) atoms. The molecule has 1 heterocycles. The van der Waals surface area contributed by atoms with Crippen LogP contribution < -0.4 is 16.0 Å². The molecule has 0 bridgehead atoms. The van der Waals surface area contributed by atoms with E-state index in [9.17, 15) is 0 Å². The summed E-state index contributed by atoms with van der Waals surface area (Å²) in [6.45, 7) is 5.15. The zero-order chi connectivity index (χ0) is 15.6. The molecule has 0 aromatic heterocycles. The first-order chi connectivity index (χ1) is 9.92. The van der Waals surface area contributed by atoms with E-state index in [1.165, 1.54) is 5.56 Å². The van der Waals surface area contributed by atoms with Gasteiger partial charge in [0.1, 0.15) is 5.75 Å². The summed E-state index contributed by atoms with van der Waals surface area (Å²) in [4.78, 5) is 2.23. The molecule has 1 aromatic carbocycles. The van der Waals surface area contributed by atoms with Gasteiger partial charge in [-0.05, 0) is 57.1 Å². The molecule has 2 atom stereocenters. The second-order valence-electron chi connectivity index (χ2n) is 6.18. The molecular weight excluding hydrogens is 286 g/mol. The minimum Gasteiger partial charge on any atom is -0.493 e. The van der Waals surface area contributed by atoms with Crippen molar-refractivity contribution in [2.75, 3.05) is 20.7 Å². The number of fused-ring (bicyclic) bond motifs is 1. The molecule has 2 rings (SSSR count). The molecule has 1 aromatic rings. The van der Waals surface area contributed by atoms with Crippen LogP contribution in [0.25, 0.3) is 0 Å². The van der Waals surface area contributed by atoms with E-state index < -0.39 is 0 Å². The summed E-state index contributed by atoms with van der Waals surface area (Å²) < 4.78 is 5.80. The minimum atomic E-state index is -0.0391. The fourth-order valence-corrected chi connectivity index (χ4v) is 3.31. The van der Waals surface area contributed by atoms with Gasteiger partial charge in [0.05, 0.1) is 6.61 Å². The summed E-state index contributed by atoms with van der Waals surface area (Å²) in [7, 11) is 4.18. The summed E-state index contributed by atoms with van der Waals surface area (Å²) in [5, 5.41) is 0.771. The van der Waals surface area contributed by atoms with E-state index in [2.05, 4.69) is 38.3 Å². The molecule has 0 saturated carbocycles. The third-order valence-electron chi connectivity index (χ3n) is 4.94. The second-order valence-corrected chi connectivity index (χ2v) is 6.62. The Kier molecular flexibility index (Phi) is 5.15. The van der Waals surface area contributed by atoms with E-state index in [-0.39, 0.29) is 11.6 Å². The van der Waals surface area contributed by atoms with Crippen LogP contribution in [0.15, 0.2) is 12.1 Å². The highest BCUT2D eigenvalue weighted by Gasteiger charge is 2.35. The first-order valence-electron chi connectivity index (χ1n) is 7.50. The molecule has 0 saturated heterocycles. The van der Waals surface area contributed by atoms with Crippen molar-refractivity contribution in [3.63, 3.8) is 0 Å². The average Bonchev–Trinajstić information content (AvgIpc) is 2.91. The standard InChI is InChI=1S/C16H26ClN3O/c1-5-16(2,20(3)4)14(19-18)10-12-9-13(17)8-11-6-7-21-15(11)12/h8-9,14,19H,5-7,10,18H2,1-4H3. The lowest BCUT2D eigenvalue weighted by atomic mass is 9.84. The van der Waals surface area contributed by atoms with E-state index >= 15 is 0 Å². The highest BCUT2D eigenvalue weighted by molar-refractivity contribution is 6.30. The fourth-order valence-electron chi connectivity index (χ4n) is 3.05. The van der Waals surface area contributed by atoms with Crippen molar-refractivity contribution in [1.29, 1.82) is 0 Å². The Hall–Kier alpha value is -0.810. The molecule has 118 valence electrons. The van der Waals surface area contributed by atoms with E-state index in [4.69, 9.17) is 22.2 Å². The van der Waals surface area contributed by atoms with Crippen molar-refractivity contribution >= 4 is 11.6 Å². The monoisotopic (exact) mass is 311 g/mol. The average molecular weight is 312 g/mol. The van der Waals surface area contributed by atoms with Crippen LogP contribution in [-0.2, 0) is 12.8 Å². The normalized spacial score (nSPS) is 18.2. The van der Waals surface area contributed by atoms with Gasteiger partial charge in [-0.25, -0.2) is 0 Å². The van der Waals surface area contributed by atoms with Gasteiger partial charge in [0.15, 0.2) is 0 Å². The number of nitrogens with zero attached hydrogens (tertiary/aromatic N) is 1.